The predicted molar refractivity (Wildman–Crippen MR) is 111 cm³/mol. The van der Waals surface area contributed by atoms with Gasteiger partial charge in [-0.1, -0.05) is 53.7 Å². The third-order valence-electron chi connectivity index (χ3n) is 3.97. The number of aromatic nitrogens is 4. The van der Waals surface area contributed by atoms with Gasteiger partial charge in [0, 0.05) is 17.4 Å². The van der Waals surface area contributed by atoms with E-state index >= 15 is 0 Å². The van der Waals surface area contributed by atoms with Gasteiger partial charge in [-0.25, -0.2) is 14.5 Å². The number of nitrogens with one attached hydrogen (secondary N) is 1. The molecule has 2 aromatic heterocycles. The maximum absolute atomic E-state index is 11.8. The average molecular weight is 413 g/mol. The molecule has 0 saturated heterocycles. The van der Waals surface area contributed by atoms with E-state index in [0.717, 1.165) is 23.5 Å². The van der Waals surface area contributed by atoms with Crippen LogP contribution < -0.4 is 10.3 Å². The molecule has 0 aliphatic carbocycles. The summed E-state index contributed by atoms with van der Waals surface area (Å²) in [6.45, 7) is 0.602. The standard InChI is InChI=1S/C20H17ClN4O2S/c21-16-10-5-4-9-15(16)19-22-17-13-18(26)24-25(17)20(23-19)28-12-6-11-27-14-7-2-1-3-8-14/h1-5,7-10,13H,6,11-12H2,(H,24,26). The number of para-hydroxylation sites is 1. The molecule has 0 aliphatic rings. The Hall–Kier alpha value is -2.77. The van der Waals surface area contributed by atoms with E-state index in [4.69, 9.17) is 16.3 Å². The summed E-state index contributed by atoms with van der Waals surface area (Å²) in [6, 6.07) is 18.5. The van der Waals surface area contributed by atoms with E-state index < -0.39 is 0 Å². The molecule has 4 aromatic rings. The second-order valence-corrected chi connectivity index (χ2v) is 7.46. The lowest BCUT2D eigenvalue weighted by Gasteiger charge is -2.09. The summed E-state index contributed by atoms with van der Waals surface area (Å²) in [5.41, 5.74) is 1.02. The molecule has 1 N–H and O–H groups in total. The minimum Gasteiger partial charge on any atom is -0.494 e. The summed E-state index contributed by atoms with van der Waals surface area (Å²) < 4.78 is 7.32. The van der Waals surface area contributed by atoms with Gasteiger partial charge in [0.1, 0.15) is 5.75 Å². The van der Waals surface area contributed by atoms with Crippen molar-refractivity contribution in [1.82, 2.24) is 19.6 Å². The first-order valence-electron chi connectivity index (χ1n) is 8.76. The lowest BCUT2D eigenvalue weighted by Crippen LogP contribution is -2.05. The number of thioether (sulfide) groups is 1. The molecule has 0 atom stereocenters. The maximum atomic E-state index is 11.8. The van der Waals surface area contributed by atoms with Gasteiger partial charge >= 0.3 is 0 Å². The van der Waals surface area contributed by atoms with Crippen LogP contribution in [0.3, 0.4) is 0 Å². The fraction of sp³-hybridized carbons (Fsp3) is 0.150. The lowest BCUT2D eigenvalue weighted by molar-refractivity contribution is 0.318. The van der Waals surface area contributed by atoms with E-state index in [9.17, 15) is 4.79 Å². The highest BCUT2D eigenvalue weighted by atomic mass is 35.5. The van der Waals surface area contributed by atoms with Gasteiger partial charge in [-0.3, -0.25) is 9.89 Å². The highest BCUT2D eigenvalue weighted by Crippen LogP contribution is 2.27. The van der Waals surface area contributed by atoms with E-state index in [1.54, 1.807) is 10.6 Å². The SMILES string of the molecule is O=c1cc2nc(-c3ccccc3Cl)nc(SCCCOc3ccccc3)n2[nH]1. The number of ether oxygens (including phenoxy) is 1. The molecule has 28 heavy (non-hydrogen) atoms. The number of rotatable bonds is 7. The Morgan fingerprint density at radius 2 is 1.86 bits per heavy atom. The number of aromatic amines is 1. The molecule has 0 spiro atoms. The minimum atomic E-state index is -0.222. The molecule has 0 bridgehead atoms. The quantitative estimate of drug-likeness (QED) is 0.362. The van der Waals surface area contributed by atoms with E-state index in [1.165, 1.54) is 17.8 Å². The molecule has 0 radical (unpaired) electrons. The van der Waals surface area contributed by atoms with Crippen LogP contribution in [0.15, 0.2) is 70.6 Å². The van der Waals surface area contributed by atoms with Crippen molar-refractivity contribution in [2.45, 2.75) is 11.6 Å². The van der Waals surface area contributed by atoms with Gasteiger partial charge < -0.3 is 4.74 Å². The summed E-state index contributed by atoms with van der Waals surface area (Å²) in [4.78, 5) is 20.9. The van der Waals surface area contributed by atoms with Gasteiger partial charge in [0.05, 0.1) is 11.6 Å². The van der Waals surface area contributed by atoms with Crippen molar-refractivity contribution in [3.63, 3.8) is 0 Å². The molecule has 142 valence electrons. The van der Waals surface area contributed by atoms with E-state index in [-0.39, 0.29) is 5.56 Å². The van der Waals surface area contributed by atoms with Gasteiger partial charge in [0.2, 0.25) is 0 Å². The molecular formula is C20H17ClN4O2S. The summed E-state index contributed by atoms with van der Waals surface area (Å²) in [5.74, 6) is 2.13. The van der Waals surface area contributed by atoms with Crippen molar-refractivity contribution >= 4 is 29.0 Å². The predicted octanol–water partition coefficient (Wildman–Crippen LogP) is 4.30. The molecule has 2 aromatic carbocycles. The van der Waals surface area contributed by atoms with Crippen LogP contribution in [-0.4, -0.2) is 31.9 Å². The van der Waals surface area contributed by atoms with E-state index in [1.807, 2.05) is 48.5 Å². The van der Waals surface area contributed by atoms with Crippen molar-refractivity contribution in [3.05, 3.63) is 76.0 Å². The molecule has 0 aliphatic heterocycles. The maximum Gasteiger partial charge on any atom is 0.266 e. The summed E-state index contributed by atoms with van der Waals surface area (Å²) in [6.07, 6.45) is 0.831. The highest BCUT2D eigenvalue weighted by molar-refractivity contribution is 7.99. The summed E-state index contributed by atoms with van der Waals surface area (Å²) in [5, 5.41) is 3.96. The molecule has 2 heterocycles. The highest BCUT2D eigenvalue weighted by Gasteiger charge is 2.13. The fourth-order valence-electron chi connectivity index (χ4n) is 2.67. The Labute approximate surface area is 170 Å². The zero-order valence-electron chi connectivity index (χ0n) is 14.8. The Bertz CT molecular complexity index is 1140. The first kappa shape index (κ1) is 18.6. The molecule has 4 rings (SSSR count). The Morgan fingerprint density at radius 3 is 2.68 bits per heavy atom. The molecule has 0 unspecified atom stereocenters. The van der Waals surface area contributed by atoms with Gasteiger partial charge in [0.15, 0.2) is 16.6 Å². The first-order valence-corrected chi connectivity index (χ1v) is 10.1. The van der Waals surface area contributed by atoms with Crippen LogP contribution in [0.25, 0.3) is 17.0 Å². The third-order valence-corrected chi connectivity index (χ3v) is 5.33. The van der Waals surface area contributed by atoms with Gasteiger partial charge in [-0.05, 0) is 30.7 Å². The second kappa shape index (κ2) is 8.50. The number of fused-ring (bicyclic) bond motifs is 1. The Morgan fingerprint density at radius 1 is 1.07 bits per heavy atom. The molecule has 0 amide bonds. The summed E-state index contributed by atoms with van der Waals surface area (Å²) in [7, 11) is 0. The van der Waals surface area contributed by atoms with Crippen LogP contribution in [0.1, 0.15) is 6.42 Å². The molecule has 6 nitrogen and oxygen atoms in total. The van der Waals surface area contributed by atoms with Crippen molar-refractivity contribution in [2.24, 2.45) is 0 Å². The normalized spacial score (nSPS) is 11.0. The molecule has 8 heteroatoms. The van der Waals surface area contributed by atoms with Crippen LogP contribution in [0.2, 0.25) is 5.02 Å². The molecular weight excluding hydrogens is 396 g/mol. The number of halogens is 1. The number of benzene rings is 2. The third kappa shape index (κ3) is 4.21. The Kier molecular flexibility index (Phi) is 5.64. The van der Waals surface area contributed by atoms with Gasteiger partial charge in [-0.15, -0.1) is 0 Å². The van der Waals surface area contributed by atoms with Crippen molar-refractivity contribution in [3.8, 4) is 17.1 Å². The summed E-state index contributed by atoms with van der Waals surface area (Å²) >= 11 is 7.82. The van der Waals surface area contributed by atoms with Crippen molar-refractivity contribution in [2.75, 3.05) is 12.4 Å². The zero-order valence-corrected chi connectivity index (χ0v) is 16.4. The van der Waals surface area contributed by atoms with E-state index in [2.05, 4.69) is 15.1 Å². The monoisotopic (exact) mass is 412 g/mol. The topological polar surface area (TPSA) is 72.3 Å². The van der Waals surface area contributed by atoms with Crippen LogP contribution in [0.5, 0.6) is 5.75 Å². The lowest BCUT2D eigenvalue weighted by atomic mass is 10.2. The van der Waals surface area contributed by atoms with Gasteiger partial charge in [-0.2, -0.15) is 0 Å². The number of hydrogen-bond acceptors (Lipinski definition) is 5. The van der Waals surface area contributed by atoms with Crippen LogP contribution in [0.4, 0.5) is 0 Å². The van der Waals surface area contributed by atoms with Crippen LogP contribution in [0, 0.1) is 0 Å². The van der Waals surface area contributed by atoms with Crippen molar-refractivity contribution in [1.29, 1.82) is 0 Å². The minimum absolute atomic E-state index is 0.222. The number of nitrogens with zero attached hydrogens (tertiary/aromatic N) is 3. The number of H-pyrrole nitrogens is 1. The fourth-order valence-corrected chi connectivity index (χ4v) is 3.76. The largest absolute Gasteiger partial charge is 0.494 e. The second-order valence-electron chi connectivity index (χ2n) is 5.99. The average Bonchev–Trinajstić information content (AvgIpc) is 3.09. The Balaban J connectivity index is 1.51. The van der Waals surface area contributed by atoms with Crippen LogP contribution in [-0.2, 0) is 0 Å². The van der Waals surface area contributed by atoms with Gasteiger partial charge in [0.25, 0.3) is 5.56 Å². The van der Waals surface area contributed by atoms with E-state index in [0.29, 0.717) is 28.3 Å². The number of hydrogen-bond donors (Lipinski definition) is 1. The van der Waals surface area contributed by atoms with Crippen LogP contribution >= 0.6 is 23.4 Å². The van der Waals surface area contributed by atoms with Crippen molar-refractivity contribution < 1.29 is 4.74 Å². The molecule has 0 saturated carbocycles. The smallest absolute Gasteiger partial charge is 0.266 e. The molecule has 0 fully saturated rings. The zero-order chi connectivity index (χ0) is 19.3. The first-order chi connectivity index (χ1) is 13.7.